The van der Waals surface area contributed by atoms with Crippen molar-refractivity contribution in [2.45, 2.75) is 19.4 Å². The van der Waals surface area contributed by atoms with Crippen LogP contribution in [0.3, 0.4) is 0 Å². The van der Waals surface area contributed by atoms with Crippen LogP contribution in [0.5, 0.6) is 0 Å². The minimum atomic E-state index is 0.0830. The Morgan fingerprint density at radius 1 is 1.22 bits per heavy atom. The van der Waals surface area contributed by atoms with Crippen LogP contribution in [-0.2, 0) is 6.42 Å². The lowest BCUT2D eigenvalue weighted by Gasteiger charge is -2.24. The molecule has 2 aromatic rings. The van der Waals surface area contributed by atoms with Gasteiger partial charge in [-0.3, -0.25) is 4.79 Å². The van der Waals surface area contributed by atoms with Gasteiger partial charge in [0, 0.05) is 30.0 Å². The second kappa shape index (κ2) is 5.83. The highest BCUT2D eigenvalue weighted by molar-refractivity contribution is 7.09. The topological polar surface area (TPSA) is 20.3 Å². The number of amides is 1. The normalized spacial score (nSPS) is 12.1. The molecule has 0 bridgehead atoms. The molecule has 0 spiro atoms. The molecule has 1 unspecified atom stereocenters. The van der Waals surface area contributed by atoms with Crippen LogP contribution >= 0.6 is 11.3 Å². The Labute approximate surface area is 112 Å². The maximum atomic E-state index is 12.2. The summed E-state index contributed by atoms with van der Waals surface area (Å²) in [5.41, 5.74) is 0.748. The number of rotatable bonds is 4. The predicted molar refractivity (Wildman–Crippen MR) is 76.0 cm³/mol. The minimum absolute atomic E-state index is 0.0830. The SMILES string of the molecule is CC(Cc1cccs1)N(C)C(=O)c1ccccc1. The zero-order chi connectivity index (χ0) is 13.0. The smallest absolute Gasteiger partial charge is 0.253 e. The number of hydrogen-bond donors (Lipinski definition) is 0. The first-order valence-electron chi connectivity index (χ1n) is 6.03. The van der Waals surface area contributed by atoms with Gasteiger partial charge in [0.25, 0.3) is 5.91 Å². The van der Waals surface area contributed by atoms with E-state index < -0.39 is 0 Å². The highest BCUT2D eigenvalue weighted by Gasteiger charge is 2.17. The van der Waals surface area contributed by atoms with Gasteiger partial charge in [0.1, 0.15) is 0 Å². The molecule has 0 N–H and O–H groups in total. The second-order valence-electron chi connectivity index (χ2n) is 4.41. The van der Waals surface area contributed by atoms with Crippen LogP contribution in [0.1, 0.15) is 22.2 Å². The van der Waals surface area contributed by atoms with Gasteiger partial charge in [-0.25, -0.2) is 0 Å². The monoisotopic (exact) mass is 259 g/mol. The number of nitrogens with zero attached hydrogens (tertiary/aromatic N) is 1. The lowest BCUT2D eigenvalue weighted by molar-refractivity contribution is 0.0744. The molecule has 3 heteroatoms. The van der Waals surface area contributed by atoms with Crippen molar-refractivity contribution in [3.63, 3.8) is 0 Å². The summed E-state index contributed by atoms with van der Waals surface area (Å²) in [5.74, 6) is 0.0830. The number of hydrogen-bond acceptors (Lipinski definition) is 2. The molecule has 1 aromatic heterocycles. The first-order valence-corrected chi connectivity index (χ1v) is 6.91. The number of likely N-dealkylation sites (N-methyl/N-ethyl adjacent to an activating group) is 1. The van der Waals surface area contributed by atoms with Crippen LogP contribution in [0.25, 0.3) is 0 Å². The molecule has 0 aliphatic rings. The van der Waals surface area contributed by atoms with E-state index in [0.29, 0.717) is 0 Å². The molecule has 0 saturated heterocycles. The fourth-order valence-electron chi connectivity index (χ4n) is 1.84. The molecule has 0 radical (unpaired) electrons. The third-order valence-electron chi connectivity index (χ3n) is 3.08. The van der Waals surface area contributed by atoms with E-state index in [0.717, 1.165) is 12.0 Å². The minimum Gasteiger partial charge on any atom is -0.339 e. The van der Waals surface area contributed by atoms with Crippen LogP contribution in [0.15, 0.2) is 47.8 Å². The average Bonchev–Trinajstić information content (AvgIpc) is 2.91. The van der Waals surface area contributed by atoms with Gasteiger partial charge in [0.2, 0.25) is 0 Å². The zero-order valence-corrected chi connectivity index (χ0v) is 11.5. The molecule has 94 valence electrons. The Balaban J connectivity index is 2.02. The maximum Gasteiger partial charge on any atom is 0.253 e. The molecule has 2 nitrogen and oxygen atoms in total. The number of carbonyl (C=O) groups is 1. The predicted octanol–water partition coefficient (Wildman–Crippen LogP) is 3.45. The Morgan fingerprint density at radius 2 is 1.94 bits per heavy atom. The average molecular weight is 259 g/mol. The highest BCUT2D eigenvalue weighted by atomic mass is 32.1. The summed E-state index contributed by atoms with van der Waals surface area (Å²) in [6.45, 7) is 2.08. The van der Waals surface area contributed by atoms with Gasteiger partial charge in [0.05, 0.1) is 0 Å². The fourth-order valence-corrected chi connectivity index (χ4v) is 2.67. The second-order valence-corrected chi connectivity index (χ2v) is 5.45. The highest BCUT2D eigenvalue weighted by Crippen LogP contribution is 2.15. The van der Waals surface area contributed by atoms with Crippen LogP contribution < -0.4 is 0 Å². The van der Waals surface area contributed by atoms with Crippen LogP contribution in [-0.4, -0.2) is 23.9 Å². The van der Waals surface area contributed by atoms with Gasteiger partial charge in [-0.15, -0.1) is 11.3 Å². The third kappa shape index (κ3) is 2.99. The summed E-state index contributed by atoms with van der Waals surface area (Å²) in [4.78, 5) is 15.4. The van der Waals surface area contributed by atoms with Crippen molar-refractivity contribution in [3.8, 4) is 0 Å². The molecule has 18 heavy (non-hydrogen) atoms. The standard InChI is InChI=1S/C15H17NOS/c1-12(11-14-9-6-10-18-14)16(2)15(17)13-7-4-3-5-8-13/h3-10,12H,11H2,1-2H3. The Morgan fingerprint density at radius 3 is 2.56 bits per heavy atom. The Kier molecular flexibility index (Phi) is 4.15. The van der Waals surface area contributed by atoms with Gasteiger partial charge >= 0.3 is 0 Å². The van der Waals surface area contributed by atoms with E-state index in [1.54, 1.807) is 11.3 Å². The van der Waals surface area contributed by atoms with Crippen molar-refractivity contribution in [2.75, 3.05) is 7.05 Å². The summed E-state index contributed by atoms with van der Waals surface area (Å²) in [6.07, 6.45) is 0.909. The Bertz CT molecular complexity index is 492. The number of thiophene rings is 1. The summed E-state index contributed by atoms with van der Waals surface area (Å²) in [5, 5.41) is 2.07. The molecule has 1 atom stereocenters. The van der Waals surface area contributed by atoms with Crippen molar-refractivity contribution in [1.29, 1.82) is 0 Å². The van der Waals surface area contributed by atoms with E-state index in [2.05, 4.69) is 18.4 Å². The van der Waals surface area contributed by atoms with Gasteiger partial charge in [-0.2, -0.15) is 0 Å². The molecule has 0 fully saturated rings. The third-order valence-corrected chi connectivity index (χ3v) is 3.98. The molecule has 1 aromatic carbocycles. The van der Waals surface area contributed by atoms with Crippen molar-refractivity contribution in [1.82, 2.24) is 4.90 Å². The summed E-state index contributed by atoms with van der Waals surface area (Å²) >= 11 is 1.74. The molecular weight excluding hydrogens is 242 g/mol. The van der Waals surface area contributed by atoms with Crippen LogP contribution in [0, 0.1) is 0 Å². The van der Waals surface area contributed by atoms with E-state index in [4.69, 9.17) is 0 Å². The molecule has 0 saturated carbocycles. The molecule has 0 aliphatic carbocycles. The van der Waals surface area contributed by atoms with Crippen molar-refractivity contribution >= 4 is 17.2 Å². The van der Waals surface area contributed by atoms with Gasteiger partial charge in [-0.1, -0.05) is 24.3 Å². The number of benzene rings is 1. The zero-order valence-electron chi connectivity index (χ0n) is 10.7. The van der Waals surface area contributed by atoms with Crippen molar-refractivity contribution in [2.24, 2.45) is 0 Å². The first-order chi connectivity index (χ1) is 8.68. The lowest BCUT2D eigenvalue weighted by atomic mass is 10.1. The van der Waals surface area contributed by atoms with Crippen LogP contribution in [0.4, 0.5) is 0 Å². The van der Waals surface area contributed by atoms with E-state index in [1.807, 2.05) is 48.3 Å². The Hall–Kier alpha value is -1.61. The number of carbonyl (C=O) groups excluding carboxylic acids is 1. The van der Waals surface area contributed by atoms with Gasteiger partial charge in [0.15, 0.2) is 0 Å². The van der Waals surface area contributed by atoms with E-state index in [-0.39, 0.29) is 11.9 Å². The van der Waals surface area contributed by atoms with E-state index in [1.165, 1.54) is 4.88 Å². The fraction of sp³-hybridized carbons (Fsp3) is 0.267. The van der Waals surface area contributed by atoms with Crippen molar-refractivity contribution < 1.29 is 4.79 Å². The summed E-state index contributed by atoms with van der Waals surface area (Å²) in [6, 6.07) is 13.8. The van der Waals surface area contributed by atoms with Crippen LogP contribution in [0.2, 0.25) is 0 Å². The largest absolute Gasteiger partial charge is 0.339 e. The maximum absolute atomic E-state index is 12.2. The van der Waals surface area contributed by atoms with Gasteiger partial charge in [-0.05, 0) is 30.5 Å². The van der Waals surface area contributed by atoms with Gasteiger partial charge < -0.3 is 4.90 Å². The quantitative estimate of drug-likeness (QED) is 0.823. The molecule has 0 aliphatic heterocycles. The molecule has 1 amide bonds. The van der Waals surface area contributed by atoms with Crippen molar-refractivity contribution in [3.05, 3.63) is 58.3 Å². The molecular formula is C15H17NOS. The first kappa shape index (κ1) is 12.8. The van der Waals surface area contributed by atoms with E-state index in [9.17, 15) is 4.79 Å². The van der Waals surface area contributed by atoms with E-state index >= 15 is 0 Å². The molecule has 1 heterocycles. The summed E-state index contributed by atoms with van der Waals surface area (Å²) in [7, 11) is 1.87. The lowest BCUT2D eigenvalue weighted by Crippen LogP contribution is -2.36. The molecule has 2 rings (SSSR count). The summed E-state index contributed by atoms with van der Waals surface area (Å²) < 4.78 is 0.